The van der Waals surface area contributed by atoms with E-state index in [1.54, 1.807) is 0 Å². The van der Waals surface area contributed by atoms with E-state index in [2.05, 4.69) is 11.4 Å². The number of hydrogen-bond acceptors (Lipinski definition) is 4. The number of carboxylic acids is 1. The van der Waals surface area contributed by atoms with Gasteiger partial charge < -0.3 is 19.6 Å². The van der Waals surface area contributed by atoms with E-state index in [-0.39, 0.29) is 24.8 Å². The van der Waals surface area contributed by atoms with Crippen LogP contribution in [0.2, 0.25) is 0 Å². The van der Waals surface area contributed by atoms with E-state index in [0.717, 1.165) is 12.8 Å². The smallest absolute Gasteiger partial charge is 0.371 e. The van der Waals surface area contributed by atoms with E-state index < -0.39 is 5.97 Å². The Morgan fingerprint density at radius 3 is 2.67 bits per heavy atom. The number of aromatic carboxylic acids is 1. The number of ether oxygens (including phenoxy) is 1. The summed E-state index contributed by atoms with van der Waals surface area (Å²) in [4.78, 5) is 22.5. The molecular formula is C18H19NO5. The fourth-order valence-electron chi connectivity index (χ4n) is 2.77. The lowest BCUT2D eigenvalue weighted by Crippen LogP contribution is -2.28. The molecule has 1 aliphatic rings. The molecule has 1 aromatic carbocycles. The van der Waals surface area contributed by atoms with Gasteiger partial charge >= 0.3 is 5.97 Å². The highest BCUT2D eigenvalue weighted by atomic mass is 16.5. The van der Waals surface area contributed by atoms with Gasteiger partial charge in [-0.15, -0.1) is 0 Å². The molecule has 1 amide bonds. The van der Waals surface area contributed by atoms with Gasteiger partial charge in [0, 0.05) is 0 Å². The third kappa shape index (κ3) is 3.95. The minimum Gasteiger partial charge on any atom is -0.484 e. The normalized spacial score (nSPS) is 13.2. The highest BCUT2D eigenvalue weighted by Crippen LogP contribution is 2.25. The Kier molecular flexibility index (Phi) is 4.84. The number of carbonyl (C=O) groups excluding carboxylic acids is 1. The number of benzene rings is 1. The van der Waals surface area contributed by atoms with Crippen LogP contribution < -0.4 is 10.1 Å². The SMILES string of the molecule is O=C(COc1ccc2c(c1)CCCC2)NCc1ccc(C(=O)O)o1. The van der Waals surface area contributed by atoms with Crippen LogP contribution in [0.15, 0.2) is 34.7 Å². The van der Waals surface area contributed by atoms with Gasteiger partial charge in [-0.25, -0.2) is 4.79 Å². The van der Waals surface area contributed by atoms with Crippen molar-refractivity contribution in [2.45, 2.75) is 32.2 Å². The van der Waals surface area contributed by atoms with Gasteiger partial charge in [0.1, 0.15) is 11.5 Å². The molecule has 0 unspecified atom stereocenters. The first-order valence-electron chi connectivity index (χ1n) is 7.95. The quantitative estimate of drug-likeness (QED) is 0.850. The Labute approximate surface area is 139 Å². The van der Waals surface area contributed by atoms with Gasteiger partial charge in [0.2, 0.25) is 5.76 Å². The molecule has 6 nitrogen and oxygen atoms in total. The molecular weight excluding hydrogens is 310 g/mol. The minimum absolute atomic E-state index is 0.0920. The van der Waals surface area contributed by atoms with Gasteiger partial charge in [-0.1, -0.05) is 6.07 Å². The molecule has 0 saturated carbocycles. The van der Waals surface area contributed by atoms with Gasteiger partial charge in [-0.3, -0.25) is 4.79 Å². The number of carboxylic acid groups (broad SMARTS) is 1. The summed E-state index contributed by atoms with van der Waals surface area (Å²) < 4.78 is 10.6. The number of furan rings is 1. The number of fused-ring (bicyclic) bond motifs is 1. The molecule has 0 saturated heterocycles. The molecule has 126 valence electrons. The fraction of sp³-hybridized carbons (Fsp3) is 0.333. The molecule has 24 heavy (non-hydrogen) atoms. The monoisotopic (exact) mass is 329 g/mol. The van der Waals surface area contributed by atoms with Crippen molar-refractivity contribution in [3.63, 3.8) is 0 Å². The standard InChI is InChI=1S/C18H19NO5/c20-17(19-10-15-7-8-16(24-15)18(21)22)11-23-14-6-5-12-3-1-2-4-13(12)9-14/h5-9H,1-4,10-11H2,(H,19,20)(H,21,22). The summed E-state index contributed by atoms with van der Waals surface area (Å²) in [6, 6.07) is 8.84. The van der Waals surface area contributed by atoms with Gasteiger partial charge in [-0.2, -0.15) is 0 Å². The summed E-state index contributed by atoms with van der Waals surface area (Å²) in [5.41, 5.74) is 2.67. The van der Waals surface area contributed by atoms with Crippen LogP contribution in [0, 0.1) is 0 Å². The third-order valence-electron chi connectivity index (χ3n) is 4.02. The van der Waals surface area contributed by atoms with Crippen LogP contribution in [0.5, 0.6) is 5.75 Å². The Hall–Kier alpha value is -2.76. The van der Waals surface area contributed by atoms with Crippen molar-refractivity contribution in [1.29, 1.82) is 0 Å². The largest absolute Gasteiger partial charge is 0.484 e. The minimum atomic E-state index is -1.14. The number of nitrogens with one attached hydrogen (secondary N) is 1. The van der Waals surface area contributed by atoms with Crippen LogP contribution in [-0.2, 0) is 24.2 Å². The topological polar surface area (TPSA) is 88.8 Å². The zero-order chi connectivity index (χ0) is 16.9. The Morgan fingerprint density at radius 2 is 1.92 bits per heavy atom. The summed E-state index contributed by atoms with van der Waals surface area (Å²) in [7, 11) is 0. The third-order valence-corrected chi connectivity index (χ3v) is 4.02. The summed E-state index contributed by atoms with van der Waals surface area (Å²) in [5, 5.41) is 11.4. The van der Waals surface area contributed by atoms with E-state index in [4.69, 9.17) is 14.3 Å². The van der Waals surface area contributed by atoms with Gasteiger partial charge in [0.05, 0.1) is 6.54 Å². The lowest BCUT2D eigenvalue weighted by atomic mass is 9.92. The van der Waals surface area contributed by atoms with E-state index in [1.807, 2.05) is 12.1 Å². The molecule has 6 heteroatoms. The van der Waals surface area contributed by atoms with E-state index in [0.29, 0.717) is 11.5 Å². The molecule has 3 rings (SSSR count). The molecule has 0 fully saturated rings. The maximum absolute atomic E-state index is 11.8. The highest BCUT2D eigenvalue weighted by molar-refractivity contribution is 5.84. The van der Waals surface area contributed by atoms with Crippen LogP contribution in [0.25, 0.3) is 0 Å². The number of carbonyl (C=O) groups is 2. The average molecular weight is 329 g/mol. The Bertz CT molecular complexity index is 750. The first-order valence-corrected chi connectivity index (χ1v) is 7.95. The molecule has 0 radical (unpaired) electrons. The van der Waals surface area contributed by atoms with Crippen LogP contribution in [0.4, 0.5) is 0 Å². The second-order valence-corrected chi connectivity index (χ2v) is 5.77. The summed E-state index contributed by atoms with van der Waals surface area (Å²) in [6.45, 7) is 0.0327. The van der Waals surface area contributed by atoms with E-state index in [1.165, 1.54) is 36.1 Å². The predicted octanol–water partition coefficient (Wildman–Crippen LogP) is 2.55. The van der Waals surface area contributed by atoms with Crippen LogP contribution >= 0.6 is 0 Å². The first-order chi connectivity index (χ1) is 11.6. The highest BCUT2D eigenvalue weighted by Gasteiger charge is 2.12. The predicted molar refractivity (Wildman–Crippen MR) is 86.1 cm³/mol. The maximum Gasteiger partial charge on any atom is 0.371 e. The number of rotatable bonds is 6. The van der Waals surface area contributed by atoms with Crippen molar-refractivity contribution in [1.82, 2.24) is 5.32 Å². The zero-order valence-electron chi connectivity index (χ0n) is 13.2. The number of amides is 1. The zero-order valence-corrected chi connectivity index (χ0v) is 13.2. The lowest BCUT2D eigenvalue weighted by Gasteiger charge is -2.16. The van der Waals surface area contributed by atoms with Crippen molar-refractivity contribution >= 4 is 11.9 Å². The second-order valence-electron chi connectivity index (χ2n) is 5.77. The molecule has 1 aliphatic carbocycles. The number of hydrogen-bond donors (Lipinski definition) is 2. The molecule has 1 aromatic heterocycles. The van der Waals surface area contributed by atoms with Crippen molar-refractivity contribution in [2.75, 3.05) is 6.61 Å². The fourth-order valence-corrected chi connectivity index (χ4v) is 2.77. The lowest BCUT2D eigenvalue weighted by molar-refractivity contribution is -0.123. The van der Waals surface area contributed by atoms with Crippen molar-refractivity contribution in [3.05, 3.63) is 53.0 Å². The first kappa shape index (κ1) is 16.1. The number of aryl methyl sites for hydroxylation is 2. The molecule has 0 spiro atoms. The second kappa shape index (κ2) is 7.21. The summed E-state index contributed by atoms with van der Waals surface area (Å²) >= 11 is 0. The van der Waals surface area contributed by atoms with Crippen molar-refractivity contribution in [3.8, 4) is 5.75 Å². The average Bonchev–Trinajstić information content (AvgIpc) is 3.07. The molecule has 0 aliphatic heterocycles. The Balaban J connectivity index is 1.47. The molecule has 0 bridgehead atoms. The molecule has 0 atom stereocenters. The van der Waals surface area contributed by atoms with Gasteiger partial charge in [-0.05, 0) is 61.1 Å². The Morgan fingerprint density at radius 1 is 1.12 bits per heavy atom. The van der Waals surface area contributed by atoms with Crippen LogP contribution in [0.3, 0.4) is 0 Å². The molecule has 2 N–H and O–H groups in total. The molecule has 1 heterocycles. The van der Waals surface area contributed by atoms with Crippen LogP contribution in [0.1, 0.15) is 40.3 Å². The van der Waals surface area contributed by atoms with E-state index in [9.17, 15) is 9.59 Å². The van der Waals surface area contributed by atoms with Crippen LogP contribution in [-0.4, -0.2) is 23.6 Å². The maximum atomic E-state index is 11.8. The van der Waals surface area contributed by atoms with Gasteiger partial charge in [0.15, 0.2) is 6.61 Å². The van der Waals surface area contributed by atoms with Gasteiger partial charge in [0.25, 0.3) is 5.91 Å². The summed E-state index contributed by atoms with van der Waals surface area (Å²) in [6.07, 6.45) is 4.59. The van der Waals surface area contributed by atoms with E-state index >= 15 is 0 Å². The molecule has 2 aromatic rings. The van der Waals surface area contributed by atoms with Crippen molar-refractivity contribution in [2.24, 2.45) is 0 Å². The summed E-state index contributed by atoms with van der Waals surface area (Å²) in [5.74, 6) is -0.500. The van der Waals surface area contributed by atoms with Crippen molar-refractivity contribution < 1.29 is 23.8 Å².